The van der Waals surface area contributed by atoms with Gasteiger partial charge in [0.25, 0.3) is 0 Å². The summed E-state index contributed by atoms with van der Waals surface area (Å²) in [4.78, 5) is 28.8. The number of carbonyl (C=O) groups excluding carboxylic acids is 2. The Morgan fingerprint density at radius 1 is 1.20 bits per heavy atom. The minimum absolute atomic E-state index is 0.116. The van der Waals surface area contributed by atoms with Gasteiger partial charge < -0.3 is 15.0 Å². The van der Waals surface area contributed by atoms with Gasteiger partial charge in [0.05, 0.1) is 11.4 Å². The van der Waals surface area contributed by atoms with Crippen molar-refractivity contribution in [2.75, 3.05) is 0 Å². The molecule has 2 N–H and O–H groups in total. The second kappa shape index (κ2) is 7.44. The van der Waals surface area contributed by atoms with Crippen LogP contribution in [0.25, 0.3) is 5.69 Å². The number of fused-ring (bicyclic) bond motifs is 1. The van der Waals surface area contributed by atoms with E-state index in [0.717, 1.165) is 34.8 Å². The average Bonchev–Trinajstić information content (AvgIpc) is 3.02. The number of ketones is 1. The first-order chi connectivity index (χ1) is 14.2. The molecule has 0 fully saturated rings. The fraction of sp³-hybridized carbons (Fsp3) is 0.292. The smallest absolute Gasteiger partial charge is 0.248 e. The molecule has 3 aromatic rings. The van der Waals surface area contributed by atoms with Crippen LogP contribution in [0, 0.1) is 12.3 Å². The van der Waals surface area contributed by atoms with E-state index in [1.165, 1.54) is 0 Å². The number of nitrogens with zero attached hydrogens (tertiary/aromatic N) is 2. The maximum absolute atomic E-state index is 12.7. The van der Waals surface area contributed by atoms with Crippen molar-refractivity contribution >= 4 is 11.7 Å². The van der Waals surface area contributed by atoms with Crippen LogP contribution in [0.4, 0.5) is 0 Å². The minimum atomic E-state index is -0.521. The Morgan fingerprint density at radius 3 is 2.70 bits per heavy atom. The van der Waals surface area contributed by atoms with Crippen molar-refractivity contribution < 1.29 is 14.3 Å². The number of aromatic nitrogens is 2. The standard InChI is InChI=1S/C24H25N3O3/c1-15-10-18-20(12-24(2,3)13-21(18)28)27(15)19-8-7-16(23(25)29)11-22(19)30-14-17-6-4-5-9-26-17/h4-11H,12-14H2,1-3H3,(H2,25,29). The highest BCUT2D eigenvalue weighted by Gasteiger charge is 2.34. The zero-order valence-corrected chi connectivity index (χ0v) is 17.4. The largest absolute Gasteiger partial charge is 0.485 e. The molecule has 0 bridgehead atoms. The molecule has 4 rings (SSSR count). The van der Waals surface area contributed by atoms with Crippen molar-refractivity contribution in [3.8, 4) is 11.4 Å². The molecular weight excluding hydrogens is 378 g/mol. The van der Waals surface area contributed by atoms with Crippen LogP contribution in [0.15, 0.2) is 48.7 Å². The predicted octanol–water partition coefficient (Wildman–Crippen LogP) is 4.01. The monoisotopic (exact) mass is 403 g/mol. The number of hydrogen-bond donors (Lipinski definition) is 1. The van der Waals surface area contributed by atoms with Crippen LogP contribution in [0.2, 0.25) is 0 Å². The van der Waals surface area contributed by atoms with Crippen LogP contribution in [-0.2, 0) is 13.0 Å². The number of Topliss-reactive ketones (excluding diaryl/α,β-unsaturated/α-hetero) is 1. The zero-order valence-electron chi connectivity index (χ0n) is 17.4. The third-order valence-electron chi connectivity index (χ3n) is 5.46. The topological polar surface area (TPSA) is 87.2 Å². The van der Waals surface area contributed by atoms with Crippen molar-refractivity contribution in [1.29, 1.82) is 0 Å². The van der Waals surface area contributed by atoms with Crippen LogP contribution >= 0.6 is 0 Å². The molecule has 1 aromatic carbocycles. The lowest BCUT2D eigenvalue weighted by molar-refractivity contribution is 0.0910. The lowest BCUT2D eigenvalue weighted by Gasteiger charge is -2.30. The van der Waals surface area contributed by atoms with E-state index in [-0.39, 0.29) is 17.8 Å². The Hall–Kier alpha value is -3.41. The molecule has 6 nitrogen and oxygen atoms in total. The highest BCUT2D eigenvalue weighted by Crippen LogP contribution is 2.39. The molecule has 6 heteroatoms. The molecule has 0 saturated heterocycles. The third-order valence-corrected chi connectivity index (χ3v) is 5.46. The summed E-state index contributed by atoms with van der Waals surface area (Å²) in [5.74, 6) is 0.161. The fourth-order valence-corrected chi connectivity index (χ4v) is 4.09. The molecule has 0 spiro atoms. The Kier molecular flexibility index (Phi) is 4.94. The number of hydrogen-bond acceptors (Lipinski definition) is 4. The summed E-state index contributed by atoms with van der Waals surface area (Å²) in [6.45, 7) is 6.44. The van der Waals surface area contributed by atoms with E-state index in [4.69, 9.17) is 10.5 Å². The second-order valence-corrected chi connectivity index (χ2v) is 8.58. The highest BCUT2D eigenvalue weighted by molar-refractivity contribution is 5.99. The number of rotatable bonds is 5. The highest BCUT2D eigenvalue weighted by atomic mass is 16.5. The van der Waals surface area contributed by atoms with Crippen LogP contribution < -0.4 is 10.5 Å². The summed E-state index contributed by atoms with van der Waals surface area (Å²) in [6, 6.07) is 12.7. The van der Waals surface area contributed by atoms with Crippen molar-refractivity contribution in [3.05, 3.63) is 76.9 Å². The first-order valence-electron chi connectivity index (χ1n) is 9.96. The number of primary amides is 1. The Labute approximate surface area is 175 Å². The molecule has 30 heavy (non-hydrogen) atoms. The molecule has 2 aromatic heterocycles. The second-order valence-electron chi connectivity index (χ2n) is 8.58. The van der Waals surface area contributed by atoms with Gasteiger partial charge in [-0.15, -0.1) is 0 Å². The number of ether oxygens (including phenoxy) is 1. The van der Waals surface area contributed by atoms with Crippen LogP contribution in [0.5, 0.6) is 5.75 Å². The van der Waals surface area contributed by atoms with Gasteiger partial charge in [-0.2, -0.15) is 0 Å². The van der Waals surface area contributed by atoms with Crippen molar-refractivity contribution in [1.82, 2.24) is 9.55 Å². The number of carbonyl (C=O) groups is 2. The molecule has 154 valence electrons. The van der Waals surface area contributed by atoms with E-state index < -0.39 is 5.91 Å². The van der Waals surface area contributed by atoms with Gasteiger partial charge in [0.1, 0.15) is 12.4 Å². The maximum atomic E-state index is 12.7. The summed E-state index contributed by atoms with van der Waals surface area (Å²) >= 11 is 0. The first-order valence-corrected chi connectivity index (χ1v) is 9.96. The van der Waals surface area contributed by atoms with Crippen LogP contribution in [0.1, 0.15) is 58.1 Å². The van der Waals surface area contributed by atoms with Crippen LogP contribution in [-0.4, -0.2) is 21.2 Å². The van der Waals surface area contributed by atoms with Gasteiger partial charge in [-0.3, -0.25) is 14.6 Å². The van der Waals surface area contributed by atoms with Gasteiger partial charge in [-0.25, -0.2) is 0 Å². The zero-order chi connectivity index (χ0) is 21.5. The van der Waals surface area contributed by atoms with Crippen molar-refractivity contribution in [2.45, 2.75) is 40.2 Å². The number of pyridine rings is 1. The quantitative estimate of drug-likeness (QED) is 0.697. The Bertz CT molecular complexity index is 1130. The summed E-state index contributed by atoms with van der Waals surface area (Å²) in [7, 11) is 0. The summed E-state index contributed by atoms with van der Waals surface area (Å²) in [6.07, 6.45) is 3.02. The van der Waals surface area contributed by atoms with Gasteiger partial charge in [-0.05, 0) is 55.2 Å². The van der Waals surface area contributed by atoms with Gasteiger partial charge in [0, 0.05) is 35.1 Å². The van der Waals surface area contributed by atoms with E-state index in [2.05, 4.69) is 23.4 Å². The van der Waals surface area contributed by atoms with E-state index in [9.17, 15) is 9.59 Å². The van der Waals surface area contributed by atoms with E-state index in [1.807, 2.05) is 37.3 Å². The molecule has 2 heterocycles. The van der Waals surface area contributed by atoms with Crippen LogP contribution in [0.3, 0.4) is 0 Å². The Balaban J connectivity index is 1.81. The molecule has 0 saturated carbocycles. The van der Waals surface area contributed by atoms with Gasteiger partial charge in [0.2, 0.25) is 5.91 Å². The number of amides is 1. The van der Waals surface area contributed by atoms with Gasteiger partial charge in [0.15, 0.2) is 5.78 Å². The number of aryl methyl sites for hydroxylation is 1. The third kappa shape index (κ3) is 3.73. The number of benzene rings is 1. The normalized spacial score (nSPS) is 15.0. The average molecular weight is 403 g/mol. The summed E-state index contributed by atoms with van der Waals surface area (Å²) < 4.78 is 8.15. The van der Waals surface area contributed by atoms with E-state index in [1.54, 1.807) is 18.3 Å². The predicted molar refractivity (Wildman–Crippen MR) is 114 cm³/mol. The molecule has 0 radical (unpaired) electrons. The van der Waals surface area contributed by atoms with Gasteiger partial charge >= 0.3 is 0 Å². The van der Waals surface area contributed by atoms with Crippen molar-refractivity contribution in [3.63, 3.8) is 0 Å². The lowest BCUT2D eigenvalue weighted by Crippen LogP contribution is -2.28. The molecule has 0 aliphatic heterocycles. The van der Waals surface area contributed by atoms with E-state index in [0.29, 0.717) is 17.7 Å². The summed E-state index contributed by atoms with van der Waals surface area (Å²) in [5.41, 5.74) is 9.98. The molecule has 1 amide bonds. The van der Waals surface area contributed by atoms with E-state index >= 15 is 0 Å². The lowest BCUT2D eigenvalue weighted by atomic mass is 9.76. The molecule has 0 unspecified atom stereocenters. The maximum Gasteiger partial charge on any atom is 0.248 e. The number of nitrogens with two attached hydrogens (primary N) is 1. The van der Waals surface area contributed by atoms with Crippen molar-refractivity contribution in [2.24, 2.45) is 11.1 Å². The molecule has 1 aliphatic rings. The molecule has 0 atom stereocenters. The minimum Gasteiger partial charge on any atom is -0.485 e. The SMILES string of the molecule is Cc1cc2c(n1-c1ccc(C(N)=O)cc1OCc1ccccn1)CC(C)(C)CC2=O. The van der Waals surface area contributed by atoms with Gasteiger partial charge in [-0.1, -0.05) is 19.9 Å². The molecule has 1 aliphatic carbocycles. The molecular formula is C24H25N3O3. The first kappa shape index (κ1) is 19.9. The Morgan fingerprint density at radius 2 is 2.00 bits per heavy atom. The summed E-state index contributed by atoms with van der Waals surface area (Å²) in [5, 5.41) is 0. The fourth-order valence-electron chi connectivity index (χ4n) is 4.09.